The lowest BCUT2D eigenvalue weighted by molar-refractivity contribution is 0.102. The summed E-state index contributed by atoms with van der Waals surface area (Å²) in [7, 11) is 0. The van der Waals surface area contributed by atoms with Crippen molar-refractivity contribution in [1.29, 1.82) is 0 Å². The fourth-order valence-corrected chi connectivity index (χ4v) is 2.57. The molecule has 3 aromatic rings. The minimum atomic E-state index is -0.399. The van der Waals surface area contributed by atoms with Gasteiger partial charge in [-0.3, -0.25) is 10.1 Å². The molecule has 110 valence electrons. The van der Waals surface area contributed by atoms with E-state index < -0.39 is 5.82 Å². The third kappa shape index (κ3) is 3.17. The van der Waals surface area contributed by atoms with Gasteiger partial charge in [0, 0.05) is 16.5 Å². The van der Waals surface area contributed by atoms with Crippen LogP contribution >= 0.6 is 11.3 Å². The zero-order valence-corrected chi connectivity index (χ0v) is 12.0. The Morgan fingerprint density at radius 3 is 2.18 bits per heavy atom. The summed E-state index contributed by atoms with van der Waals surface area (Å²) in [6.45, 7) is 0. The van der Waals surface area contributed by atoms with Crippen LogP contribution in [0.5, 0.6) is 0 Å². The molecule has 0 aliphatic carbocycles. The molecule has 0 bridgehead atoms. The van der Waals surface area contributed by atoms with Crippen molar-refractivity contribution in [2.24, 2.45) is 0 Å². The summed E-state index contributed by atoms with van der Waals surface area (Å²) in [6, 6.07) is 11.2. The number of thiazole rings is 1. The summed E-state index contributed by atoms with van der Waals surface area (Å²) in [5.41, 5.74) is 1.76. The lowest BCUT2D eigenvalue weighted by atomic mass is 10.2. The van der Waals surface area contributed by atoms with E-state index in [9.17, 15) is 13.6 Å². The van der Waals surface area contributed by atoms with E-state index in [2.05, 4.69) is 10.3 Å². The highest BCUT2D eigenvalue weighted by Gasteiger charge is 2.10. The van der Waals surface area contributed by atoms with Gasteiger partial charge >= 0.3 is 0 Å². The van der Waals surface area contributed by atoms with E-state index in [-0.39, 0.29) is 11.7 Å². The average Bonchev–Trinajstić information content (AvgIpc) is 2.97. The number of halogens is 2. The summed E-state index contributed by atoms with van der Waals surface area (Å²) < 4.78 is 25.7. The van der Waals surface area contributed by atoms with E-state index in [4.69, 9.17) is 0 Å². The molecule has 3 rings (SSSR count). The van der Waals surface area contributed by atoms with Gasteiger partial charge in [0.15, 0.2) is 5.13 Å². The molecule has 0 saturated heterocycles. The van der Waals surface area contributed by atoms with Gasteiger partial charge in [0.2, 0.25) is 0 Å². The molecule has 0 spiro atoms. The lowest BCUT2D eigenvalue weighted by Crippen LogP contribution is -2.11. The Bertz CT molecular complexity index is 798. The van der Waals surface area contributed by atoms with Crippen LogP contribution in [0, 0.1) is 11.6 Å². The first-order valence-corrected chi connectivity index (χ1v) is 7.28. The zero-order chi connectivity index (χ0) is 15.5. The van der Waals surface area contributed by atoms with E-state index in [1.54, 1.807) is 17.5 Å². The normalized spacial score (nSPS) is 10.5. The standard InChI is InChI=1S/C16H10F2N2OS/c17-12-5-1-10(2-6-12)14-9-22-16(19-14)20-15(21)11-3-7-13(18)8-4-11/h1-9H,(H,19,20,21). The molecule has 22 heavy (non-hydrogen) atoms. The summed E-state index contributed by atoms with van der Waals surface area (Å²) in [4.78, 5) is 16.3. The number of nitrogens with zero attached hydrogens (tertiary/aromatic N) is 1. The van der Waals surface area contributed by atoms with Crippen LogP contribution in [0.15, 0.2) is 53.9 Å². The lowest BCUT2D eigenvalue weighted by Gasteiger charge is -2.01. The number of benzene rings is 2. The summed E-state index contributed by atoms with van der Waals surface area (Å²) >= 11 is 1.26. The van der Waals surface area contributed by atoms with Gasteiger partial charge in [-0.2, -0.15) is 0 Å². The second kappa shape index (κ2) is 6.03. The van der Waals surface area contributed by atoms with Crippen LogP contribution in [0.2, 0.25) is 0 Å². The average molecular weight is 316 g/mol. The van der Waals surface area contributed by atoms with Gasteiger partial charge in [0.1, 0.15) is 11.6 Å². The van der Waals surface area contributed by atoms with E-state index in [0.29, 0.717) is 16.4 Å². The molecule has 6 heteroatoms. The van der Waals surface area contributed by atoms with Gasteiger partial charge in [-0.1, -0.05) is 0 Å². The van der Waals surface area contributed by atoms with Crippen molar-refractivity contribution in [3.05, 3.63) is 71.1 Å². The van der Waals surface area contributed by atoms with Crippen LogP contribution in [0.4, 0.5) is 13.9 Å². The van der Waals surface area contributed by atoms with E-state index >= 15 is 0 Å². The second-order valence-electron chi connectivity index (χ2n) is 4.51. The highest BCUT2D eigenvalue weighted by molar-refractivity contribution is 7.14. The molecule has 3 nitrogen and oxygen atoms in total. The number of anilines is 1. The van der Waals surface area contributed by atoms with Gasteiger partial charge in [-0.05, 0) is 48.5 Å². The first-order valence-electron chi connectivity index (χ1n) is 6.40. The number of aromatic nitrogens is 1. The fourth-order valence-electron chi connectivity index (χ4n) is 1.85. The Morgan fingerprint density at radius 2 is 1.55 bits per heavy atom. The van der Waals surface area contributed by atoms with Gasteiger partial charge in [0.25, 0.3) is 5.91 Å². The molecular weight excluding hydrogens is 306 g/mol. The Labute approximate surface area is 129 Å². The smallest absolute Gasteiger partial charge is 0.257 e. The monoisotopic (exact) mass is 316 g/mol. The van der Waals surface area contributed by atoms with Crippen molar-refractivity contribution in [2.45, 2.75) is 0 Å². The van der Waals surface area contributed by atoms with Gasteiger partial charge in [-0.15, -0.1) is 11.3 Å². The fraction of sp³-hybridized carbons (Fsp3) is 0. The quantitative estimate of drug-likeness (QED) is 0.781. The summed E-state index contributed by atoms with van der Waals surface area (Å²) in [5.74, 6) is -1.08. The maximum Gasteiger partial charge on any atom is 0.257 e. The van der Waals surface area contributed by atoms with Crippen LogP contribution in [0.1, 0.15) is 10.4 Å². The molecule has 0 saturated carbocycles. The largest absolute Gasteiger partial charge is 0.298 e. The molecule has 1 heterocycles. The molecule has 0 fully saturated rings. The van der Waals surface area contributed by atoms with Crippen molar-refractivity contribution in [1.82, 2.24) is 4.98 Å². The van der Waals surface area contributed by atoms with Gasteiger partial charge in [-0.25, -0.2) is 13.8 Å². The minimum Gasteiger partial charge on any atom is -0.298 e. The molecule has 0 aliphatic heterocycles. The van der Waals surface area contributed by atoms with Gasteiger partial charge in [0.05, 0.1) is 5.69 Å². The first-order chi connectivity index (χ1) is 10.6. The Balaban J connectivity index is 1.75. The topological polar surface area (TPSA) is 42.0 Å². The molecule has 0 radical (unpaired) electrons. The van der Waals surface area contributed by atoms with Crippen molar-refractivity contribution in [3.8, 4) is 11.3 Å². The Hall–Kier alpha value is -2.60. The van der Waals surface area contributed by atoms with Crippen LogP contribution in [-0.4, -0.2) is 10.9 Å². The van der Waals surface area contributed by atoms with Crippen molar-refractivity contribution >= 4 is 22.4 Å². The highest BCUT2D eigenvalue weighted by atomic mass is 32.1. The molecule has 0 unspecified atom stereocenters. The number of nitrogens with one attached hydrogen (secondary N) is 1. The summed E-state index contributed by atoms with van der Waals surface area (Å²) in [6.07, 6.45) is 0. The Kier molecular flexibility index (Phi) is 3.93. The molecule has 1 aromatic heterocycles. The highest BCUT2D eigenvalue weighted by Crippen LogP contribution is 2.25. The molecule has 1 amide bonds. The first kappa shape index (κ1) is 14.3. The number of hydrogen-bond acceptors (Lipinski definition) is 3. The van der Waals surface area contributed by atoms with Gasteiger partial charge < -0.3 is 0 Å². The maximum atomic E-state index is 12.9. The molecule has 2 aromatic carbocycles. The predicted molar refractivity (Wildman–Crippen MR) is 81.9 cm³/mol. The number of carbonyl (C=O) groups is 1. The van der Waals surface area contributed by atoms with Crippen LogP contribution in [0.3, 0.4) is 0 Å². The third-order valence-electron chi connectivity index (χ3n) is 2.97. The second-order valence-corrected chi connectivity index (χ2v) is 5.36. The van der Waals surface area contributed by atoms with E-state index in [0.717, 1.165) is 5.56 Å². The number of hydrogen-bond donors (Lipinski definition) is 1. The van der Waals surface area contributed by atoms with E-state index in [1.807, 2.05) is 0 Å². The van der Waals surface area contributed by atoms with Crippen LogP contribution in [0.25, 0.3) is 11.3 Å². The van der Waals surface area contributed by atoms with E-state index in [1.165, 1.54) is 47.7 Å². The summed E-state index contributed by atoms with van der Waals surface area (Å²) in [5, 5.41) is 4.85. The zero-order valence-electron chi connectivity index (χ0n) is 11.2. The van der Waals surface area contributed by atoms with Crippen molar-refractivity contribution < 1.29 is 13.6 Å². The Morgan fingerprint density at radius 1 is 0.955 bits per heavy atom. The number of carbonyl (C=O) groups excluding carboxylic acids is 1. The third-order valence-corrected chi connectivity index (χ3v) is 3.73. The molecule has 0 atom stereocenters. The molecule has 1 N–H and O–H groups in total. The predicted octanol–water partition coefficient (Wildman–Crippen LogP) is 4.34. The van der Waals surface area contributed by atoms with Crippen LogP contribution in [-0.2, 0) is 0 Å². The minimum absolute atomic E-state index is 0.316. The number of amides is 1. The van der Waals surface area contributed by atoms with Crippen LogP contribution < -0.4 is 5.32 Å². The maximum absolute atomic E-state index is 12.9. The molecular formula is C16H10F2N2OS. The van der Waals surface area contributed by atoms with Crippen molar-refractivity contribution in [3.63, 3.8) is 0 Å². The SMILES string of the molecule is O=C(Nc1nc(-c2ccc(F)cc2)cs1)c1ccc(F)cc1. The van der Waals surface area contributed by atoms with Crippen molar-refractivity contribution in [2.75, 3.05) is 5.32 Å². The number of rotatable bonds is 3. The molecule has 0 aliphatic rings.